The Morgan fingerprint density at radius 3 is 1.78 bits per heavy atom. The summed E-state index contributed by atoms with van der Waals surface area (Å²) >= 11 is 0. The van der Waals surface area contributed by atoms with Crippen LogP contribution < -0.4 is 0 Å². The minimum atomic E-state index is -6.35. The topological polar surface area (TPSA) is 72.8 Å². The summed E-state index contributed by atoms with van der Waals surface area (Å²) in [5.41, 5.74) is -11.8. The first-order valence-corrected chi connectivity index (χ1v) is 14.2. The molecule has 0 spiro atoms. The maximum Gasteiger partial charge on any atom is 0.437 e. The normalized spacial score (nSPS) is 31.0. The third-order valence-corrected chi connectivity index (χ3v) is 10.0. The van der Waals surface area contributed by atoms with Crippen LogP contribution in [0.2, 0.25) is 0 Å². The number of esters is 2. The van der Waals surface area contributed by atoms with Crippen LogP contribution in [-0.2, 0) is 19.1 Å². The number of alkyl halides is 12. The fraction of sp³-hybridized carbons (Fsp3) is 0.786. The van der Waals surface area contributed by atoms with Crippen molar-refractivity contribution in [1.29, 1.82) is 0 Å². The number of fused-ring (bicyclic) bond motifs is 4. The van der Waals surface area contributed by atoms with Crippen LogP contribution in [0.1, 0.15) is 57.8 Å². The summed E-state index contributed by atoms with van der Waals surface area (Å²) in [6, 6.07) is 0. The van der Waals surface area contributed by atoms with Crippen molar-refractivity contribution in [2.24, 2.45) is 35.5 Å². The second kappa shape index (κ2) is 11.7. The number of halogens is 12. The summed E-state index contributed by atoms with van der Waals surface area (Å²) in [6.07, 6.45) is -28.7. The van der Waals surface area contributed by atoms with E-state index in [1.54, 1.807) is 0 Å². The Kier molecular flexibility index (Phi) is 9.17. The van der Waals surface area contributed by atoms with Crippen LogP contribution in [0.4, 0.5) is 52.7 Å². The van der Waals surface area contributed by atoms with Crippen molar-refractivity contribution in [3.05, 3.63) is 24.3 Å². The molecule has 0 radical (unpaired) electrons. The van der Waals surface area contributed by atoms with Crippen molar-refractivity contribution in [2.75, 3.05) is 0 Å². The molecule has 4 fully saturated rings. The average Bonchev–Trinajstić information content (AvgIpc) is 3.67. The molecule has 7 atom stereocenters. The first-order chi connectivity index (χ1) is 20.4. The summed E-state index contributed by atoms with van der Waals surface area (Å²) < 4.78 is 176. The van der Waals surface area contributed by atoms with Gasteiger partial charge in [0.1, 0.15) is 6.10 Å². The van der Waals surface area contributed by atoms with Crippen LogP contribution in [-0.4, -0.2) is 59.1 Å². The van der Waals surface area contributed by atoms with Crippen molar-refractivity contribution < 1.29 is 76.9 Å². The first kappa shape index (κ1) is 35.4. The van der Waals surface area contributed by atoms with E-state index in [9.17, 15) is 67.4 Å². The number of aliphatic hydroxyl groups is 1. The van der Waals surface area contributed by atoms with Gasteiger partial charge in [0, 0.05) is 24.5 Å². The second-order valence-electron chi connectivity index (χ2n) is 12.6. The lowest BCUT2D eigenvalue weighted by atomic mass is 9.78. The predicted octanol–water partition coefficient (Wildman–Crippen LogP) is 7.54. The SMILES string of the molecule is C=CC(=O)OC1CC2CC1CC2CC(OC(=O)C(=CCC(O)(C(F)(F)F)C(F)(F)F)C1CC2CCC1C2)(C(F)(F)F)C(F)(F)F. The molecule has 4 aliphatic rings. The molecule has 7 unspecified atom stereocenters. The van der Waals surface area contributed by atoms with Gasteiger partial charge in [-0.2, -0.15) is 52.7 Å². The maximum atomic E-state index is 14.5. The van der Waals surface area contributed by atoms with Gasteiger partial charge in [0.2, 0.25) is 0 Å². The van der Waals surface area contributed by atoms with Gasteiger partial charge in [-0.15, -0.1) is 0 Å². The number of ether oxygens (including phenoxy) is 2. The maximum absolute atomic E-state index is 14.5. The molecule has 4 bridgehead atoms. The van der Waals surface area contributed by atoms with Gasteiger partial charge in [-0.3, -0.25) is 0 Å². The zero-order chi connectivity index (χ0) is 34.0. The highest BCUT2D eigenvalue weighted by Gasteiger charge is 2.75. The molecular formula is C28H30F12O5. The van der Waals surface area contributed by atoms with E-state index in [2.05, 4.69) is 11.3 Å². The van der Waals surface area contributed by atoms with E-state index < -0.39 is 102 Å². The van der Waals surface area contributed by atoms with E-state index in [0.717, 1.165) is 6.08 Å². The molecule has 0 amide bonds. The first-order valence-electron chi connectivity index (χ1n) is 14.2. The van der Waals surface area contributed by atoms with E-state index in [4.69, 9.17) is 4.74 Å². The molecule has 0 saturated heterocycles. The standard InChI is InChI=1S/C28H30F12O5/c1-2-21(41)44-20-11-15-9-16(20)10-17(15)12-24(27(35,36)37,28(38,39)40)45-22(42)18(19-8-13-3-4-14(19)7-13)5-6-23(43,25(29,30)31)26(32,33)34/h2,5,13-17,19-20,43H,1,3-4,6-12H2. The Bertz CT molecular complexity index is 1160. The van der Waals surface area contributed by atoms with Crippen LogP contribution >= 0.6 is 0 Å². The number of hydrogen-bond acceptors (Lipinski definition) is 5. The number of hydrogen-bond donors (Lipinski definition) is 1. The fourth-order valence-corrected chi connectivity index (χ4v) is 7.73. The average molecular weight is 675 g/mol. The van der Waals surface area contributed by atoms with Gasteiger partial charge in [0.15, 0.2) is 0 Å². The lowest BCUT2D eigenvalue weighted by Gasteiger charge is -2.41. The molecule has 17 heteroatoms. The number of carbonyl (C=O) groups excluding carboxylic acids is 2. The Hall–Kier alpha value is -2.46. The van der Waals surface area contributed by atoms with E-state index in [0.29, 0.717) is 12.8 Å². The minimum absolute atomic E-state index is 0.0710. The molecule has 256 valence electrons. The molecule has 1 N–H and O–H groups in total. The Labute approximate surface area is 249 Å². The van der Waals surface area contributed by atoms with E-state index in [-0.39, 0.29) is 44.1 Å². The van der Waals surface area contributed by atoms with Crippen molar-refractivity contribution in [2.45, 2.75) is 99.8 Å². The Morgan fingerprint density at radius 1 is 0.756 bits per heavy atom. The second-order valence-corrected chi connectivity index (χ2v) is 12.6. The molecule has 0 aliphatic heterocycles. The van der Waals surface area contributed by atoms with Gasteiger partial charge in [0.05, 0.1) is 0 Å². The largest absolute Gasteiger partial charge is 0.459 e. The van der Waals surface area contributed by atoms with Crippen LogP contribution in [0.25, 0.3) is 0 Å². The van der Waals surface area contributed by atoms with Gasteiger partial charge in [-0.25, -0.2) is 9.59 Å². The van der Waals surface area contributed by atoms with Gasteiger partial charge < -0.3 is 14.6 Å². The highest BCUT2D eigenvalue weighted by Crippen LogP contribution is 2.58. The molecule has 0 aromatic rings. The van der Waals surface area contributed by atoms with Crippen molar-refractivity contribution >= 4 is 11.9 Å². The van der Waals surface area contributed by atoms with E-state index in [1.807, 2.05) is 0 Å². The lowest BCUT2D eigenvalue weighted by molar-refractivity contribution is -0.374. The molecule has 45 heavy (non-hydrogen) atoms. The zero-order valence-corrected chi connectivity index (χ0v) is 23.4. The Morgan fingerprint density at radius 2 is 1.36 bits per heavy atom. The van der Waals surface area contributed by atoms with Crippen molar-refractivity contribution in [3.8, 4) is 0 Å². The van der Waals surface area contributed by atoms with Crippen LogP contribution in [0.5, 0.6) is 0 Å². The molecule has 0 aromatic carbocycles. The molecule has 4 aliphatic carbocycles. The van der Waals surface area contributed by atoms with Crippen LogP contribution in [0.3, 0.4) is 0 Å². The monoisotopic (exact) mass is 674 g/mol. The van der Waals surface area contributed by atoms with Crippen molar-refractivity contribution in [3.63, 3.8) is 0 Å². The van der Waals surface area contributed by atoms with Gasteiger partial charge >= 0.3 is 42.2 Å². The number of rotatable bonds is 9. The minimum Gasteiger partial charge on any atom is -0.459 e. The van der Waals surface area contributed by atoms with Crippen LogP contribution in [0, 0.1) is 35.5 Å². The smallest absolute Gasteiger partial charge is 0.437 e. The summed E-state index contributed by atoms with van der Waals surface area (Å²) in [4.78, 5) is 24.8. The molecule has 0 heterocycles. The van der Waals surface area contributed by atoms with Gasteiger partial charge in [0.25, 0.3) is 5.60 Å². The third-order valence-electron chi connectivity index (χ3n) is 10.0. The highest BCUT2D eigenvalue weighted by atomic mass is 19.4. The zero-order valence-electron chi connectivity index (χ0n) is 23.4. The third kappa shape index (κ3) is 6.42. The quantitative estimate of drug-likeness (QED) is 0.156. The van der Waals surface area contributed by atoms with Gasteiger partial charge in [-0.05, 0) is 74.0 Å². The van der Waals surface area contributed by atoms with Crippen LogP contribution in [0.15, 0.2) is 24.3 Å². The molecular weight excluding hydrogens is 644 g/mol. The molecule has 4 saturated carbocycles. The Balaban J connectivity index is 1.68. The summed E-state index contributed by atoms with van der Waals surface area (Å²) in [5.74, 6) is -7.99. The molecule has 4 rings (SSSR count). The van der Waals surface area contributed by atoms with E-state index >= 15 is 0 Å². The molecule has 5 nitrogen and oxygen atoms in total. The molecule has 0 aromatic heterocycles. The summed E-state index contributed by atoms with van der Waals surface area (Å²) in [6.45, 7) is 3.21. The predicted molar refractivity (Wildman–Crippen MR) is 129 cm³/mol. The fourth-order valence-electron chi connectivity index (χ4n) is 7.73. The van der Waals surface area contributed by atoms with Crippen molar-refractivity contribution in [1.82, 2.24) is 0 Å². The highest BCUT2D eigenvalue weighted by molar-refractivity contribution is 5.89. The number of carbonyl (C=O) groups is 2. The van der Waals surface area contributed by atoms with E-state index in [1.165, 1.54) is 0 Å². The lowest BCUT2D eigenvalue weighted by Crippen LogP contribution is -2.61. The summed E-state index contributed by atoms with van der Waals surface area (Å²) in [5, 5.41) is 9.58. The van der Waals surface area contributed by atoms with Gasteiger partial charge in [-0.1, -0.05) is 19.1 Å². The summed E-state index contributed by atoms with van der Waals surface area (Å²) in [7, 11) is 0.